The van der Waals surface area contributed by atoms with Gasteiger partial charge in [0.1, 0.15) is 0 Å². The van der Waals surface area contributed by atoms with Crippen LogP contribution in [0.4, 0.5) is 5.69 Å². The van der Waals surface area contributed by atoms with E-state index in [0.29, 0.717) is 17.3 Å². The minimum absolute atomic E-state index is 0.0981. The number of nitrogen functional groups attached to an aromatic ring is 1. The van der Waals surface area contributed by atoms with Gasteiger partial charge in [-0.1, -0.05) is 37.1 Å². The first-order valence-corrected chi connectivity index (χ1v) is 11.9. The maximum Gasteiger partial charge on any atom is 0.252 e. The Morgan fingerprint density at radius 2 is 1.94 bits per heavy atom. The van der Waals surface area contributed by atoms with Crippen LogP contribution in [0, 0.1) is 6.92 Å². The highest BCUT2D eigenvalue weighted by molar-refractivity contribution is 7.15. The van der Waals surface area contributed by atoms with E-state index in [-0.39, 0.29) is 11.9 Å². The Balaban J connectivity index is 1.43. The third-order valence-corrected chi connectivity index (χ3v) is 7.24. The molecule has 3 aromatic rings. The summed E-state index contributed by atoms with van der Waals surface area (Å²) in [5.74, 6) is -0.0981. The molecule has 162 valence electrons. The van der Waals surface area contributed by atoms with E-state index < -0.39 is 0 Å². The number of benzene rings is 2. The topological polar surface area (TPSA) is 67.2 Å². The molecule has 0 saturated heterocycles. The van der Waals surface area contributed by atoms with Crippen molar-refractivity contribution >= 4 is 22.9 Å². The van der Waals surface area contributed by atoms with Crippen LogP contribution in [0.15, 0.2) is 54.6 Å². The van der Waals surface area contributed by atoms with Gasteiger partial charge in [0.05, 0.1) is 6.04 Å². The number of hydrogen-bond acceptors (Lipinski definition) is 4. The van der Waals surface area contributed by atoms with Crippen molar-refractivity contribution in [1.82, 2.24) is 10.6 Å². The van der Waals surface area contributed by atoms with E-state index in [4.69, 9.17) is 5.73 Å². The van der Waals surface area contributed by atoms with Gasteiger partial charge in [0.2, 0.25) is 0 Å². The molecule has 1 saturated carbocycles. The van der Waals surface area contributed by atoms with Crippen LogP contribution in [0.25, 0.3) is 10.4 Å². The number of nitrogens with two attached hydrogens (primary N) is 1. The van der Waals surface area contributed by atoms with Gasteiger partial charge >= 0.3 is 0 Å². The van der Waals surface area contributed by atoms with Crippen molar-refractivity contribution in [2.45, 2.75) is 58.2 Å². The van der Waals surface area contributed by atoms with Gasteiger partial charge in [0.25, 0.3) is 5.91 Å². The van der Waals surface area contributed by atoms with Crippen LogP contribution in [0.3, 0.4) is 0 Å². The smallest absolute Gasteiger partial charge is 0.252 e. The number of carbonyl (C=O) groups is 1. The molecule has 1 unspecified atom stereocenters. The number of anilines is 1. The Morgan fingerprint density at radius 3 is 2.74 bits per heavy atom. The second-order valence-electron chi connectivity index (χ2n) is 8.52. The maximum absolute atomic E-state index is 12.8. The van der Waals surface area contributed by atoms with E-state index >= 15 is 0 Å². The molecule has 4 N–H and O–H groups in total. The van der Waals surface area contributed by atoms with E-state index in [1.807, 2.05) is 37.3 Å². The van der Waals surface area contributed by atoms with Crippen LogP contribution in [0.1, 0.15) is 65.0 Å². The van der Waals surface area contributed by atoms with E-state index in [1.165, 1.54) is 41.0 Å². The van der Waals surface area contributed by atoms with E-state index in [9.17, 15) is 4.79 Å². The van der Waals surface area contributed by atoms with Crippen molar-refractivity contribution in [3.8, 4) is 10.4 Å². The van der Waals surface area contributed by atoms with Gasteiger partial charge in [-0.25, -0.2) is 0 Å². The molecule has 1 heterocycles. The Morgan fingerprint density at radius 1 is 1.13 bits per heavy atom. The van der Waals surface area contributed by atoms with Gasteiger partial charge in [0, 0.05) is 33.6 Å². The van der Waals surface area contributed by atoms with Crippen molar-refractivity contribution in [2.24, 2.45) is 0 Å². The Hall–Kier alpha value is -2.63. The second kappa shape index (κ2) is 9.67. The van der Waals surface area contributed by atoms with Crippen LogP contribution in [-0.2, 0) is 6.54 Å². The number of rotatable bonds is 7. The summed E-state index contributed by atoms with van der Waals surface area (Å²) in [6, 6.07) is 18.9. The molecule has 1 aromatic heterocycles. The van der Waals surface area contributed by atoms with Crippen molar-refractivity contribution in [2.75, 3.05) is 5.73 Å². The Bertz CT molecular complexity index is 1050. The van der Waals surface area contributed by atoms with Crippen LogP contribution in [-0.4, -0.2) is 11.9 Å². The second-order valence-corrected chi connectivity index (χ2v) is 9.69. The highest BCUT2D eigenvalue weighted by Gasteiger charge is 2.16. The molecule has 1 atom stereocenters. The lowest BCUT2D eigenvalue weighted by Crippen LogP contribution is -2.27. The van der Waals surface area contributed by atoms with Crippen LogP contribution >= 0.6 is 11.3 Å². The summed E-state index contributed by atoms with van der Waals surface area (Å²) in [5.41, 5.74) is 10.3. The zero-order valence-corrected chi connectivity index (χ0v) is 19.1. The van der Waals surface area contributed by atoms with Gasteiger partial charge in [-0.2, -0.15) is 0 Å². The zero-order valence-electron chi connectivity index (χ0n) is 18.3. The van der Waals surface area contributed by atoms with Crippen molar-refractivity contribution in [3.05, 3.63) is 76.2 Å². The van der Waals surface area contributed by atoms with Gasteiger partial charge in [0.15, 0.2) is 0 Å². The fourth-order valence-corrected chi connectivity index (χ4v) is 5.16. The monoisotopic (exact) mass is 433 g/mol. The summed E-state index contributed by atoms with van der Waals surface area (Å²) < 4.78 is 0. The van der Waals surface area contributed by atoms with Gasteiger partial charge < -0.3 is 16.4 Å². The zero-order chi connectivity index (χ0) is 21.8. The molecule has 1 amide bonds. The summed E-state index contributed by atoms with van der Waals surface area (Å²) in [6.45, 7) is 4.89. The first-order valence-electron chi connectivity index (χ1n) is 11.1. The summed E-state index contributed by atoms with van der Waals surface area (Å²) in [4.78, 5) is 15.4. The Kier molecular flexibility index (Phi) is 6.73. The van der Waals surface area contributed by atoms with E-state index in [1.54, 1.807) is 6.07 Å². The summed E-state index contributed by atoms with van der Waals surface area (Å²) in [7, 11) is 0. The first kappa shape index (κ1) is 21.6. The molecule has 0 aliphatic heterocycles. The number of nitrogens with one attached hydrogen (secondary N) is 2. The molecule has 1 aliphatic rings. The molecule has 0 radical (unpaired) electrons. The molecular formula is C26H31N3OS. The number of carbonyl (C=O) groups excluding carboxylic acids is 1. The predicted molar refractivity (Wildman–Crippen MR) is 130 cm³/mol. The summed E-state index contributed by atoms with van der Waals surface area (Å²) in [5, 5.41) is 6.81. The number of aryl methyl sites for hydroxylation is 1. The quantitative estimate of drug-likeness (QED) is 0.411. The average Bonchev–Trinajstić information content (AvgIpc) is 3.46. The van der Waals surface area contributed by atoms with Crippen LogP contribution in [0.2, 0.25) is 0 Å². The van der Waals surface area contributed by atoms with Gasteiger partial charge in [-0.15, -0.1) is 11.3 Å². The van der Waals surface area contributed by atoms with Crippen LogP contribution in [0.5, 0.6) is 0 Å². The lowest BCUT2D eigenvalue weighted by Gasteiger charge is -2.16. The molecule has 2 aromatic carbocycles. The molecule has 4 rings (SSSR count). The molecule has 31 heavy (non-hydrogen) atoms. The van der Waals surface area contributed by atoms with Crippen LogP contribution < -0.4 is 16.4 Å². The Labute approximate surface area is 188 Å². The normalized spacial score (nSPS) is 15.2. The summed E-state index contributed by atoms with van der Waals surface area (Å²) in [6.07, 6.45) is 5.32. The molecule has 5 heteroatoms. The lowest BCUT2D eigenvalue weighted by molar-refractivity contribution is 0.0939. The van der Waals surface area contributed by atoms with E-state index in [2.05, 4.69) is 47.0 Å². The third-order valence-electron chi connectivity index (χ3n) is 6.11. The highest BCUT2D eigenvalue weighted by Crippen LogP contribution is 2.30. The molecule has 1 aliphatic carbocycles. The number of thiophene rings is 1. The minimum Gasteiger partial charge on any atom is -0.399 e. The lowest BCUT2D eigenvalue weighted by atomic mass is 10.0. The van der Waals surface area contributed by atoms with Crippen molar-refractivity contribution in [3.63, 3.8) is 0 Å². The molecule has 0 bridgehead atoms. The molecule has 4 nitrogen and oxygen atoms in total. The van der Waals surface area contributed by atoms with Crippen molar-refractivity contribution < 1.29 is 4.79 Å². The summed E-state index contributed by atoms with van der Waals surface area (Å²) >= 11 is 1.84. The molecule has 0 spiro atoms. The molecular weight excluding hydrogens is 402 g/mol. The largest absolute Gasteiger partial charge is 0.399 e. The van der Waals surface area contributed by atoms with Gasteiger partial charge in [-0.05, 0) is 73.7 Å². The highest BCUT2D eigenvalue weighted by atomic mass is 32.1. The number of hydrogen-bond donors (Lipinski definition) is 3. The standard InChI is InChI=1S/C26H31N3OS/c1-17-10-11-21(27)15-24(17)26(30)29-18(2)19-6-5-7-20(14-19)25-13-12-23(31-25)16-28-22-8-3-4-9-22/h5-7,10-15,18,22,28H,3-4,8-9,16,27H2,1-2H3,(H,29,30). The predicted octanol–water partition coefficient (Wildman–Crippen LogP) is 5.83. The first-order chi connectivity index (χ1) is 15.0. The third kappa shape index (κ3) is 5.35. The maximum atomic E-state index is 12.8. The molecule has 1 fully saturated rings. The van der Waals surface area contributed by atoms with Crippen molar-refractivity contribution in [1.29, 1.82) is 0 Å². The fourth-order valence-electron chi connectivity index (χ4n) is 4.21. The SMILES string of the molecule is Cc1ccc(N)cc1C(=O)NC(C)c1cccc(-c2ccc(CNC3CCCC3)s2)c1. The fraction of sp³-hybridized carbons (Fsp3) is 0.346. The number of amides is 1. The average molecular weight is 434 g/mol. The van der Waals surface area contributed by atoms with Gasteiger partial charge in [-0.3, -0.25) is 4.79 Å². The van der Waals surface area contributed by atoms with E-state index in [0.717, 1.165) is 17.7 Å². The minimum atomic E-state index is -0.100.